The molecule has 0 aliphatic carbocycles. The van der Waals surface area contributed by atoms with Crippen molar-refractivity contribution in [3.05, 3.63) is 17.8 Å². The van der Waals surface area contributed by atoms with E-state index >= 15 is 0 Å². The zero-order valence-corrected chi connectivity index (χ0v) is 8.98. The fourth-order valence-corrected chi connectivity index (χ4v) is 1.85. The van der Waals surface area contributed by atoms with Crippen molar-refractivity contribution in [1.29, 1.82) is 0 Å². The van der Waals surface area contributed by atoms with Gasteiger partial charge in [-0.1, -0.05) is 0 Å². The molecule has 1 saturated heterocycles. The van der Waals surface area contributed by atoms with Crippen molar-refractivity contribution in [3.8, 4) is 0 Å². The zero-order valence-electron chi connectivity index (χ0n) is 8.98. The van der Waals surface area contributed by atoms with Gasteiger partial charge in [-0.3, -0.25) is 0 Å². The Bertz CT molecular complexity index is 303. The van der Waals surface area contributed by atoms with Gasteiger partial charge < -0.3 is 14.3 Å². The first kappa shape index (κ1) is 10.6. The number of hydrogen-bond acceptors (Lipinski definition) is 4. The molecule has 1 aliphatic heterocycles. The van der Waals surface area contributed by atoms with Crippen molar-refractivity contribution in [2.45, 2.75) is 38.2 Å². The first-order valence-electron chi connectivity index (χ1n) is 5.46. The van der Waals surface area contributed by atoms with E-state index < -0.39 is 0 Å². The molecule has 1 atom stereocenters. The van der Waals surface area contributed by atoms with E-state index in [0.717, 1.165) is 37.6 Å². The summed E-state index contributed by atoms with van der Waals surface area (Å²) in [7, 11) is 0. The van der Waals surface area contributed by atoms with Gasteiger partial charge in [0.25, 0.3) is 0 Å². The van der Waals surface area contributed by atoms with Crippen LogP contribution in [0.4, 0.5) is 0 Å². The number of ether oxygens (including phenoxy) is 1. The Kier molecular flexibility index (Phi) is 3.38. The highest BCUT2D eigenvalue weighted by Crippen LogP contribution is 2.26. The highest BCUT2D eigenvalue weighted by atomic mass is 16.5. The summed E-state index contributed by atoms with van der Waals surface area (Å²) in [5.41, 5.74) is 0.839. The molecule has 1 aromatic rings. The number of aromatic nitrogens is 1. The first-order valence-corrected chi connectivity index (χ1v) is 5.46. The molecule has 0 aromatic carbocycles. The van der Waals surface area contributed by atoms with Gasteiger partial charge in [-0.05, 0) is 19.8 Å². The normalized spacial score (nSPS) is 20.4. The van der Waals surface area contributed by atoms with Gasteiger partial charge in [0.15, 0.2) is 5.89 Å². The van der Waals surface area contributed by atoms with Crippen molar-refractivity contribution >= 4 is 0 Å². The summed E-state index contributed by atoms with van der Waals surface area (Å²) >= 11 is 0. The summed E-state index contributed by atoms with van der Waals surface area (Å²) < 4.78 is 10.7. The minimum Gasteiger partial charge on any atom is -0.448 e. The summed E-state index contributed by atoms with van der Waals surface area (Å²) in [6.07, 6.45) is 3.81. The maximum absolute atomic E-state index is 9.22. The zero-order chi connectivity index (χ0) is 10.7. The lowest BCUT2D eigenvalue weighted by Crippen LogP contribution is -2.14. The molecule has 0 radical (unpaired) electrons. The van der Waals surface area contributed by atoms with Gasteiger partial charge in [-0.25, -0.2) is 4.98 Å². The van der Waals surface area contributed by atoms with Gasteiger partial charge in [0, 0.05) is 25.6 Å². The van der Waals surface area contributed by atoms with Crippen LogP contribution in [0.5, 0.6) is 0 Å². The van der Waals surface area contributed by atoms with Crippen LogP contribution in [0.15, 0.2) is 10.7 Å². The van der Waals surface area contributed by atoms with Crippen LogP contribution in [0.2, 0.25) is 0 Å². The minimum absolute atomic E-state index is 0.363. The average molecular weight is 211 g/mol. The number of rotatable bonds is 3. The summed E-state index contributed by atoms with van der Waals surface area (Å²) in [5, 5.41) is 9.22. The summed E-state index contributed by atoms with van der Waals surface area (Å²) in [6, 6.07) is 0. The van der Waals surface area contributed by atoms with Gasteiger partial charge in [0.05, 0.1) is 11.8 Å². The predicted octanol–water partition coefficient (Wildman–Crippen LogP) is 1.49. The molecule has 84 valence electrons. The second-order valence-electron chi connectivity index (χ2n) is 4.12. The molecular weight excluding hydrogens is 194 g/mol. The second-order valence-corrected chi connectivity index (χ2v) is 4.12. The van der Waals surface area contributed by atoms with Crippen molar-refractivity contribution in [3.63, 3.8) is 0 Å². The second kappa shape index (κ2) is 4.77. The maximum Gasteiger partial charge on any atom is 0.197 e. The Hall–Kier alpha value is -0.870. The number of nitrogens with zero attached hydrogens (tertiary/aromatic N) is 1. The quantitative estimate of drug-likeness (QED) is 0.823. The lowest BCUT2D eigenvalue weighted by atomic mass is 10.0. The van der Waals surface area contributed by atoms with Crippen molar-refractivity contribution < 1.29 is 14.3 Å². The first-order chi connectivity index (χ1) is 7.25. The van der Waals surface area contributed by atoms with Crippen LogP contribution in [0.3, 0.4) is 0 Å². The van der Waals surface area contributed by atoms with Crippen molar-refractivity contribution in [1.82, 2.24) is 4.98 Å². The van der Waals surface area contributed by atoms with Crippen LogP contribution in [-0.4, -0.2) is 29.4 Å². The van der Waals surface area contributed by atoms with E-state index in [1.165, 1.54) is 0 Å². The third-order valence-corrected chi connectivity index (χ3v) is 2.64. The number of aliphatic hydroxyl groups excluding tert-OH is 1. The molecule has 0 bridgehead atoms. The molecule has 0 spiro atoms. The summed E-state index contributed by atoms with van der Waals surface area (Å²) in [5.74, 6) is 1.19. The molecule has 4 nitrogen and oxygen atoms in total. The van der Waals surface area contributed by atoms with Crippen LogP contribution in [0, 0.1) is 0 Å². The van der Waals surface area contributed by atoms with E-state index in [1.807, 2.05) is 0 Å². The van der Waals surface area contributed by atoms with E-state index in [4.69, 9.17) is 9.15 Å². The SMILES string of the molecule is CC(O)Cc1coc(C2CCOCC2)n1. The Morgan fingerprint density at radius 3 is 2.93 bits per heavy atom. The van der Waals surface area contributed by atoms with Crippen LogP contribution in [0.25, 0.3) is 0 Å². The lowest BCUT2D eigenvalue weighted by Gasteiger charge is -2.18. The molecule has 2 rings (SSSR count). The van der Waals surface area contributed by atoms with E-state index in [0.29, 0.717) is 12.3 Å². The highest BCUT2D eigenvalue weighted by Gasteiger charge is 2.20. The third-order valence-electron chi connectivity index (χ3n) is 2.64. The van der Waals surface area contributed by atoms with Crippen molar-refractivity contribution in [2.75, 3.05) is 13.2 Å². The van der Waals surface area contributed by atoms with E-state index in [9.17, 15) is 5.11 Å². The molecule has 2 heterocycles. The molecule has 0 amide bonds. The Labute approximate surface area is 89.3 Å². The van der Waals surface area contributed by atoms with Gasteiger partial charge in [0.1, 0.15) is 6.26 Å². The van der Waals surface area contributed by atoms with Crippen LogP contribution >= 0.6 is 0 Å². The lowest BCUT2D eigenvalue weighted by molar-refractivity contribution is 0.0794. The monoisotopic (exact) mass is 211 g/mol. The smallest absolute Gasteiger partial charge is 0.197 e. The standard InChI is InChI=1S/C11H17NO3/c1-8(13)6-10-7-15-11(12-10)9-2-4-14-5-3-9/h7-9,13H,2-6H2,1H3. The fraction of sp³-hybridized carbons (Fsp3) is 0.727. The van der Waals surface area contributed by atoms with Gasteiger partial charge in [0.2, 0.25) is 0 Å². The fourth-order valence-electron chi connectivity index (χ4n) is 1.85. The Morgan fingerprint density at radius 1 is 1.53 bits per heavy atom. The molecule has 1 aromatic heterocycles. The van der Waals surface area contributed by atoms with Crippen LogP contribution in [-0.2, 0) is 11.2 Å². The van der Waals surface area contributed by atoms with Crippen LogP contribution < -0.4 is 0 Å². The van der Waals surface area contributed by atoms with E-state index in [-0.39, 0.29) is 6.10 Å². The maximum atomic E-state index is 9.22. The van der Waals surface area contributed by atoms with Gasteiger partial charge >= 0.3 is 0 Å². The van der Waals surface area contributed by atoms with E-state index in [1.54, 1.807) is 13.2 Å². The Morgan fingerprint density at radius 2 is 2.27 bits per heavy atom. The number of aliphatic hydroxyl groups is 1. The van der Waals surface area contributed by atoms with Crippen LogP contribution in [0.1, 0.15) is 37.3 Å². The van der Waals surface area contributed by atoms with Crippen molar-refractivity contribution in [2.24, 2.45) is 0 Å². The van der Waals surface area contributed by atoms with Gasteiger partial charge in [-0.15, -0.1) is 0 Å². The molecular formula is C11H17NO3. The molecule has 0 saturated carbocycles. The number of hydrogen-bond donors (Lipinski definition) is 1. The van der Waals surface area contributed by atoms with E-state index in [2.05, 4.69) is 4.98 Å². The topological polar surface area (TPSA) is 55.5 Å². The molecule has 4 heteroatoms. The number of oxazole rings is 1. The Balaban J connectivity index is 1.99. The average Bonchev–Trinajstić information content (AvgIpc) is 2.67. The largest absolute Gasteiger partial charge is 0.448 e. The molecule has 1 fully saturated rings. The molecule has 1 N–H and O–H groups in total. The minimum atomic E-state index is -0.363. The van der Waals surface area contributed by atoms with Gasteiger partial charge in [-0.2, -0.15) is 0 Å². The highest BCUT2D eigenvalue weighted by molar-refractivity contribution is 5.02. The molecule has 1 unspecified atom stereocenters. The third kappa shape index (κ3) is 2.79. The summed E-state index contributed by atoms with van der Waals surface area (Å²) in [4.78, 5) is 4.39. The molecule has 1 aliphatic rings. The predicted molar refractivity (Wildman–Crippen MR) is 54.7 cm³/mol. The summed E-state index contributed by atoms with van der Waals surface area (Å²) in [6.45, 7) is 3.33. The molecule has 15 heavy (non-hydrogen) atoms.